The molecule has 1 N–H and O–H groups in total. The number of hydrogen-bond acceptors (Lipinski definition) is 1. The van der Waals surface area contributed by atoms with Crippen LogP contribution in [0.3, 0.4) is 0 Å². The lowest BCUT2D eigenvalue weighted by Gasteiger charge is -2.02. The van der Waals surface area contributed by atoms with E-state index < -0.39 is 5.97 Å². The molecular weight excluding hydrogens is 223 g/mol. The van der Waals surface area contributed by atoms with Gasteiger partial charge in [0.25, 0.3) is 0 Å². The molecule has 4 heteroatoms. The summed E-state index contributed by atoms with van der Waals surface area (Å²) in [7, 11) is 0. The minimum Gasteiger partial charge on any atom is -0.478 e. The van der Waals surface area contributed by atoms with Gasteiger partial charge in [-0.1, -0.05) is 23.2 Å². The summed E-state index contributed by atoms with van der Waals surface area (Å²) in [6.07, 6.45) is 2.44. The summed E-state index contributed by atoms with van der Waals surface area (Å²) in [5, 5.41) is 9.50. The van der Waals surface area contributed by atoms with Gasteiger partial charge in [0.1, 0.15) is 0 Å². The fourth-order valence-electron chi connectivity index (χ4n) is 1.03. The van der Waals surface area contributed by atoms with E-state index in [0.29, 0.717) is 15.6 Å². The van der Waals surface area contributed by atoms with Crippen molar-refractivity contribution < 1.29 is 9.90 Å². The first-order chi connectivity index (χ1) is 6.50. The van der Waals surface area contributed by atoms with Crippen LogP contribution in [0.15, 0.2) is 18.2 Å². The molecule has 0 aliphatic rings. The molecule has 0 spiro atoms. The maximum Gasteiger partial charge on any atom is 0.328 e. The summed E-state index contributed by atoms with van der Waals surface area (Å²) in [6.45, 7) is 1.81. The molecule has 0 heterocycles. The van der Waals surface area contributed by atoms with Gasteiger partial charge >= 0.3 is 5.97 Å². The summed E-state index contributed by atoms with van der Waals surface area (Å²) >= 11 is 11.7. The Morgan fingerprint density at radius 3 is 2.64 bits per heavy atom. The monoisotopic (exact) mass is 230 g/mol. The normalized spacial score (nSPS) is 10.8. The third-order valence-corrected chi connectivity index (χ3v) is 2.39. The minimum absolute atomic E-state index is 0.520. The molecule has 0 radical (unpaired) electrons. The van der Waals surface area contributed by atoms with Gasteiger partial charge < -0.3 is 5.11 Å². The van der Waals surface area contributed by atoms with E-state index in [-0.39, 0.29) is 0 Å². The Labute approximate surface area is 91.8 Å². The third kappa shape index (κ3) is 2.76. The van der Waals surface area contributed by atoms with Crippen LogP contribution in [0.5, 0.6) is 0 Å². The Balaban J connectivity index is 3.14. The lowest BCUT2D eigenvalue weighted by atomic mass is 10.1. The van der Waals surface area contributed by atoms with E-state index in [1.807, 2.05) is 6.92 Å². The summed E-state index contributed by atoms with van der Waals surface area (Å²) in [5.74, 6) is -1.02. The summed E-state index contributed by atoms with van der Waals surface area (Å²) in [5.41, 5.74) is 1.43. The van der Waals surface area contributed by atoms with Crippen molar-refractivity contribution in [1.82, 2.24) is 0 Å². The Bertz CT molecular complexity index is 397. The van der Waals surface area contributed by atoms with Crippen LogP contribution in [-0.4, -0.2) is 11.1 Å². The van der Waals surface area contributed by atoms with Gasteiger partial charge in [0.15, 0.2) is 0 Å². The summed E-state index contributed by atoms with van der Waals surface area (Å²) in [4.78, 5) is 10.3. The third-order valence-electron chi connectivity index (χ3n) is 1.65. The molecule has 14 heavy (non-hydrogen) atoms. The van der Waals surface area contributed by atoms with E-state index in [4.69, 9.17) is 28.3 Å². The number of halogens is 2. The molecule has 1 aromatic rings. The second-order valence-corrected chi connectivity index (χ2v) is 3.61. The van der Waals surface area contributed by atoms with Crippen molar-refractivity contribution in [1.29, 1.82) is 0 Å². The SMILES string of the molecule is Cc1cc(Cl)cc(C=CC(=O)O)c1Cl. The number of carbonyl (C=O) groups is 1. The second-order valence-electron chi connectivity index (χ2n) is 2.80. The van der Waals surface area contributed by atoms with Crippen molar-refractivity contribution in [2.75, 3.05) is 0 Å². The number of benzene rings is 1. The Kier molecular flexibility index (Phi) is 3.55. The lowest BCUT2D eigenvalue weighted by molar-refractivity contribution is -0.131. The van der Waals surface area contributed by atoms with E-state index in [1.165, 1.54) is 6.08 Å². The first-order valence-electron chi connectivity index (χ1n) is 3.87. The number of hydrogen-bond donors (Lipinski definition) is 1. The Morgan fingerprint density at radius 1 is 1.43 bits per heavy atom. The smallest absolute Gasteiger partial charge is 0.328 e. The molecule has 0 bridgehead atoms. The van der Waals surface area contributed by atoms with E-state index in [2.05, 4.69) is 0 Å². The van der Waals surface area contributed by atoms with Crippen molar-refractivity contribution in [2.24, 2.45) is 0 Å². The predicted octanol–water partition coefficient (Wildman–Crippen LogP) is 3.40. The standard InChI is InChI=1S/C10H8Cl2O2/c1-6-4-8(11)5-7(10(6)12)2-3-9(13)14/h2-5H,1H3,(H,13,14). The molecule has 0 saturated heterocycles. The molecule has 0 atom stereocenters. The number of aryl methyl sites for hydroxylation is 1. The fraction of sp³-hybridized carbons (Fsp3) is 0.100. The van der Waals surface area contributed by atoms with E-state index in [1.54, 1.807) is 12.1 Å². The fourth-order valence-corrected chi connectivity index (χ4v) is 1.49. The summed E-state index contributed by atoms with van der Waals surface area (Å²) < 4.78 is 0. The van der Waals surface area contributed by atoms with E-state index >= 15 is 0 Å². The summed E-state index contributed by atoms with van der Waals surface area (Å²) in [6, 6.07) is 3.35. The molecule has 74 valence electrons. The minimum atomic E-state index is -1.02. The molecule has 1 rings (SSSR count). The quantitative estimate of drug-likeness (QED) is 0.792. The molecule has 0 saturated carbocycles. The zero-order valence-corrected chi connectivity index (χ0v) is 8.93. The zero-order chi connectivity index (χ0) is 10.7. The molecule has 0 aliphatic heterocycles. The van der Waals surface area contributed by atoms with Crippen molar-refractivity contribution in [2.45, 2.75) is 6.92 Å². The molecule has 0 fully saturated rings. The van der Waals surface area contributed by atoms with Gasteiger partial charge in [-0.25, -0.2) is 4.79 Å². The van der Waals surface area contributed by atoms with E-state index in [0.717, 1.165) is 11.6 Å². The highest BCUT2D eigenvalue weighted by Crippen LogP contribution is 2.26. The molecule has 0 amide bonds. The average Bonchev–Trinajstić information content (AvgIpc) is 2.08. The van der Waals surface area contributed by atoms with Crippen molar-refractivity contribution in [3.05, 3.63) is 39.4 Å². The van der Waals surface area contributed by atoms with Crippen molar-refractivity contribution in [3.63, 3.8) is 0 Å². The van der Waals surface area contributed by atoms with Gasteiger partial charge in [-0.15, -0.1) is 0 Å². The molecule has 1 aromatic carbocycles. The number of rotatable bonds is 2. The highest BCUT2D eigenvalue weighted by atomic mass is 35.5. The largest absolute Gasteiger partial charge is 0.478 e. The van der Waals surface area contributed by atoms with Crippen LogP contribution in [0.2, 0.25) is 10.0 Å². The van der Waals surface area contributed by atoms with E-state index in [9.17, 15) is 4.79 Å². The Hall–Kier alpha value is -0.990. The van der Waals surface area contributed by atoms with Crippen LogP contribution in [0, 0.1) is 6.92 Å². The van der Waals surface area contributed by atoms with Crippen LogP contribution >= 0.6 is 23.2 Å². The topological polar surface area (TPSA) is 37.3 Å². The zero-order valence-electron chi connectivity index (χ0n) is 7.42. The van der Waals surface area contributed by atoms with Crippen LogP contribution < -0.4 is 0 Å². The first kappa shape index (κ1) is 11.1. The van der Waals surface area contributed by atoms with Gasteiger partial charge in [0, 0.05) is 11.1 Å². The van der Waals surface area contributed by atoms with Gasteiger partial charge in [-0.2, -0.15) is 0 Å². The highest BCUT2D eigenvalue weighted by molar-refractivity contribution is 6.35. The van der Waals surface area contributed by atoms with Crippen molar-refractivity contribution >= 4 is 35.2 Å². The average molecular weight is 231 g/mol. The van der Waals surface area contributed by atoms with Gasteiger partial charge in [-0.05, 0) is 36.3 Å². The predicted molar refractivity (Wildman–Crippen MR) is 57.9 cm³/mol. The highest BCUT2D eigenvalue weighted by Gasteiger charge is 2.02. The first-order valence-corrected chi connectivity index (χ1v) is 4.63. The Morgan fingerprint density at radius 2 is 2.07 bits per heavy atom. The maximum absolute atomic E-state index is 10.3. The lowest BCUT2D eigenvalue weighted by Crippen LogP contribution is -1.87. The molecule has 2 nitrogen and oxygen atoms in total. The van der Waals surface area contributed by atoms with Crippen LogP contribution in [0.1, 0.15) is 11.1 Å². The van der Waals surface area contributed by atoms with Crippen LogP contribution in [0.25, 0.3) is 6.08 Å². The van der Waals surface area contributed by atoms with Gasteiger partial charge in [-0.3, -0.25) is 0 Å². The maximum atomic E-state index is 10.3. The molecule has 0 aliphatic carbocycles. The van der Waals surface area contributed by atoms with Crippen LogP contribution in [0.4, 0.5) is 0 Å². The van der Waals surface area contributed by atoms with Crippen molar-refractivity contribution in [3.8, 4) is 0 Å². The number of aliphatic carboxylic acids is 1. The molecule has 0 aromatic heterocycles. The van der Waals surface area contributed by atoms with Gasteiger partial charge in [0.2, 0.25) is 0 Å². The van der Waals surface area contributed by atoms with Crippen LogP contribution in [-0.2, 0) is 4.79 Å². The van der Waals surface area contributed by atoms with Gasteiger partial charge in [0.05, 0.1) is 5.02 Å². The molecule has 0 unspecified atom stereocenters. The number of carboxylic acid groups (broad SMARTS) is 1. The second kappa shape index (κ2) is 4.49. The number of carboxylic acids is 1. The molecular formula is C10H8Cl2O2.